The number of ketones is 2. The van der Waals surface area contributed by atoms with E-state index in [1.807, 2.05) is 44.2 Å². The van der Waals surface area contributed by atoms with Crippen LogP contribution in [-0.4, -0.2) is 79.4 Å². The topological polar surface area (TPSA) is 104 Å². The maximum absolute atomic E-state index is 13.7. The van der Waals surface area contributed by atoms with Crippen LogP contribution in [0.1, 0.15) is 75.2 Å². The van der Waals surface area contributed by atoms with Gasteiger partial charge < -0.3 is 4.74 Å². The molecule has 2 saturated carbocycles. The lowest BCUT2D eigenvalue weighted by atomic mass is 9.70. The molecule has 3 atom stereocenters. The number of carbonyl (C=O) groups is 2. The summed E-state index contributed by atoms with van der Waals surface area (Å²) >= 11 is 6.48. The fraction of sp³-hybridized carbons (Fsp3) is 0.526. The van der Waals surface area contributed by atoms with Crippen LogP contribution in [0.3, 0.4) is 0 Å². The molecule has 0 spiro atoms. The van der Waals surface area contributed by atoms with Crippen LogP contribution in [0.25, 0.3) is 10.8 Å². The Balaban J connectivity index is 0.000000250. The molecule has 8 nitrogen and oxygen atoms in total. The van der Waals surface area contributed by atoms with Crippen molar-refractivity contribution in [2.75, 3.05) is 39.0 Å². The zero-order valence-electron chi connectivity index (χ0n) is 28.6. The van der Waals surface area contributed by atoms with E-state index in [1.165, 1.54) is 5.56 Å². The largest absolute Gasteiger partial charge is 0.495 e. The van der Waals surface area contributed by atoms with Crippen molar-refractivity contribution in [2.24, 2.45) is 16.7 Å². The standard InChI is InChI=1S/C28H33ClN2O2.C10H16O4S/c1-3-4-10-25(31-17-15-30(16-18-31)20-21-8-6-5-7-9-21)28(32)23-11-13-24-22(19-23)12-14-26(33-2)27(24)29;1-9(2)7-3-4-10(9,8(11)5-7)6-15(12,13)14/h5-9,11-14,19,25H,3-4,10,15-18,20H2,1-2H3;7H,3-6H2,1-2H3,(H,12,13,14)/t25-;7-,10-/m10/s1. The van der Waals surface area contributed by atoms with E-state index < -0.39 is 21.3 Å². The highest BCUT2D eigenvalue weighted by Gasteiger charge is 2.65. The van der Waals surface area contributed by atoms with Crippen molar-refractivity contribution in [3.05, 3.63) is 76.8 Å². The number of nitrogens with zero attached hydrogens (tertiary/aromatic N) is 2. The molecule has 260 valence electrons. The molecule has 1 heterocycles. The molecule has 3 aromatic carbocycles. The van der Waals surface area contributed by atoms with Crippen LogP contribution in [0.4, 0.5) is 0 Å². The Hall–Kier alpha value is -2.82. The van der Waals surface area contributed by atoms with Crippen LogP contribution >= 0.6 is 11.6 Å². The minimum Gasteiger partial charge on any atom is -0.495 e. The third-order valence-corrected chi connectivity index (χ3v) is 12.5. The highest BCUT2D eigenvalue weighted by atomic mass is 35.5. The number of fused-ring (bicyclic) bond motifs is 3. The van der Waals surface area contributed by atoms with E-state index in [-0.39, 0.29) is 28.9 Å². The molecule has 3 aromatic rings. The first-order valence-electron chi connectivity index (χ1n) is 17.1. The third kappa shape index (κ3) is 7.65. The van der Waals surface area contributed by atoms with E-state index in [0.717, 1.165) is 74.7 Å². The van der Waals surface area contributed by atoms with Crippen molar-refractivity contribution in [3.63, 3.8) is 0 Å². The summed E-state index contributed by atoms with van der Waals surface area (Å²) in [5.41, 5.74) is 0.984. The zero-order chi connectivity index (χ0) is 34.7. The summed E-state index contributed by atoms with van der Waals surface area (Å²) in [6.45, 7) is 10.9. The number of carbonyl (C=O) groups excluding carboxylic acids is 2. The van der Waals surface area contributed by atoms with Crippen LogP contribution in [-0.2, 0) is 21.5 Å². The van der Waals surface area contributed by atoms with Gasteiger partial charge in [0.1, 0.15) is 11.5 Å². The summed E-state index contributed by atoms with van der Waals surface area (Å²) in [6, 6.07) is 20.2. The second-order valence-electron chi connectivity index (χ2n) is 14.2. The summed E-state index contributed by atoms with van der Waals surface area (Å²) in [4.78, 5) is 30.4. The van der Waals surface area contributed by atoms with Gasteiger partial charge in [0.25, 0.3) is 10.1 Å². The number of unbranched alkanes of at least 4 members (excludes halogenated alkanes) is 1. The molecule has 1 saturated heterocycles. The summed E-state index contributed by atoms with van der Waals surface area (Å²) in [5.74, 6) is 0.766. The zero-order valence-corrected chi connectivity index (χ0v) is 30.2. The second kappa shape index (κ2) is 15.0. The molecular formula is C38H49ClN2O6S. The number of piperazine rings is 1. The normalized spacial score (nSPS) is 23.1. The molecule has 48 heavy (non-hydrogen) atoms. The molecule has 10 heteroatoms. The summed E-state index contributed by atoms with van der Waals surface area (Å²) < 4.78 is 36.3. The highest BCUT2D eigenvalue weighted by molar-refractivity contribution is 7.85. The fourth-order valence-electron chi connectivity index (χ4n) is 8.15. The summed E-state index contributed by atoms with van der Waals surface area (Å²) in [5, 5.41) is 2.46. The van der Waals surface area contributed by atoms with Gasteiger partial charge in [-0.1, -0.05) is 93.7 Å². The number of methoxy groups -OCH3 is 1. The number of Topliss-reactive ketones (excluding diaryl/α,β-unsaturated/α-hetero) is 2. The Kier molecular flexibility index (Phi) is 11.4. The molecule has 0 unspecified atom stereocenters. The van der Waals surface area contributed by atoms with Gasteiger partial charge in [0.05, 0.1) is 29.3 Å². The van der Waals surface area contributed by atoms with E-state index in [4.69, 9.17) is 20.9 Å². The van der Waals surface area contributed by atoms with Crippen molar-refractivity contribution < 1.29 is 27.3 Å². The number of halogens is 1. The van der Waals surface area contributed by atoms with Gasteiger partial charge in [-0.15, -0.1) is 0 Å². The molecule has 2 aliphatic carbocycles. The third-order valence-electron chi connectivity index (χ3n) is 11.2. The predicted octanol–water partition coefficient (Wildman–Crippen LogP) is 7.33. The van der Waals surface area contributed by atoms with Crippen molar-refractivity contribution >= 4 is 44.1 Å². The van der Waals surface area contributed by atoms with E-state index in [1.54, 1.807) is 7.11 Å². The highest BCUT2D eigenvalue weighted by Crippen LogP contribution is 2.64. The van der Waals surface area contributed by atoms with E-state index in [9.17, 15) is 18.0 Å². The SMILES string of the molecule is CC1(C)[C@H]2CC[C@]1(CS(=O)(=O)O)C(=O)C2.CCCC[C@H](C(=O)c1ccc2c(Cl)c(OC)ccc2c1)N1CCN(Cc2ccccc2)CC1. The molecule has 1 aliphatic heterocycles. The smallest absolute Gasteiger partial charge is 0.265 e. The van der Waals surface area contributed by atoms with Gasteiger partial charge >= 0.3 is 0 Å². The average Bonchev–Trinajstić information content (AvgIpc) is 3.40. The summed E-state index contributed by atoms with van der Waals surface area (Å²) in [6.07, 6.45) is 5.01. The van der Waals surface area contributed by atoms with Crippen LogP contribution in [0.5, 0.6) is 5.75 Å². The molecule has 2 bridgehead atoms. The number of benzene rings is 3. The molecule has 3 fully saturated rings. The van der Waals surface area contributed by atoms with Crippen molar-refractivity contribution in [3.8, 4) is 5.75 Å². The molecule has 6 rings (SSSR count). The molecular weight excluding hydrogens is 648 g/mol. The van der Waals surface area contributed by atoms with Gasteiger partial charge in [0.15, 0.2) is 5.78 Å². The molecule has 1 N–H and O–H groups in total. The van der Waals surface area contributed by atoms with Crippen molar-refractivity contribution in [1.82, 2.24) is 9.80 Å². The number of ether oxygens (including phenoxy) is 1. The molecule has 0 aromatic heterocycles. The van der Waals surface area contributed by atoms with Gasteiger partial charge in [-0.05, 0) is 53.7 Å². The van der Waals surface area contributed by atoms with Crippen molar-refractivity contribution in [1.29, 1.82) is 0 Å². The maximum atomic E-state index is 13.7. The lowest BCUT2D eigenvalue weighted by Crippen LogP contribution is -2.52. The van der Waals surface area contributed by atoms with Gasteiger partial charge in [-0.25, -0.2) is 0 Å². The van der Waals surface area contributed by atoms with Crippen LogP contribution < -0.4 is 4.74 Å². The quantitative estimate of drug-likeness (QED) is 0.164. The van der Waals surface area contributed by atoms with E-state index in [0.29, 0.717) is 23.6 Å². The number of rotatable bonds is 11. The summed E-state index contributed by atoms with van der Waals surface area (Å²) in [7, 11) is -2.46. The Labute approximate surface area is 290 Å². The van der Waals surface area contributed by atoms with E-state index >= 15 is 0 Å². The minimum atomic E-state index is -4.08. The Morgan fingerprint density at radius 3 is 2.35 bits per heavy atom. The molecule has 3 aliphatic rings. The lowest BCUT2D eigenvalue weighted by Gasteiger charge is -2.39. The van der Waals surface area contributed by atoms with Crippen LogP contribution in [0, 0.1) is 16.7 Å². The monoisotopic (exact) mass is 696 g/mol. The fourth-order valence-corrected chi connectivity index (χ4v) is 9.76. The van der Waals surface area contributed by atoms with Gasteiger partial charge in [0.2, 0.25) is 0 Å². The first kappa shape index (κ1) is 36.5. The first-order valence-corrected chi connectivity index (χ1v) is 19.1. The Morgan fingerprint density at radius 2 is 1.77 bits per heavy atom. The average molecular weight is 697 g/mol. The predicted molar refractivity (Wildman–Crippen MR) is 191 cm³/mol. The lowest BCUT2D eigenvalue weighted by molar-refractivity contribution is -0.128. The Bertz CT molecular complexity index is 1720. The molecule has 0 amide bonds. The maximum Gasteiger partial charge on any atom is 0.265 e. The second-order valence-corrected chi connectivity index (χ2v) is 16.1. The van der Waals surface area contributed by atoms with Crippen LogP contribution in [0.15, 0.2) is 60.7 Å². The Morgan fingerprint density at radius 1 is 1.06 bits per heavy atom. The van der Waals surface area contributed by atoms with Gasteiger partial charge in [-0.2, -0.15) is 8.42 Å². The number of hydrogen-bond acceptors (Lipinski definition) is 7. The van der Waals surface area contributed by atoms with Gasteiger partial charge in [0, 0.05) is 50.1 Å². The number of hydrogen-bond donors (Lipinski definition) is 1. The minimum absolute atomic E-state index is 0.0152. The first-order chi connectivity index (χ1) is 22.8. The van der Waals surface area contributed by atoms with Crippen LogP contribution in [0.2, 0.25) is 5.02 Å². The van der Waals surface area contributed by atoms with E-state index in [2.05, 4.69) is 47.1 Å². The molecule has 0 radical (unpaired) electrons. The van der Waals surface area contributed by atoms with Crippen molar-refractivity contribution in [2.45, 2.75) is 71.9 Å². The van der Waals surface area contributed by atoms with Gasteiger partial charge in [-0.3, -0.25) is 23.9 Å².